The van der Waals surface area contributed by atoms with Gasteiger partial charge in [0.15, 0.2) is 0 Å². The molecule has 172 valence electrons. The van der Waals surface area contributed by atoms with Crippen molar-refractivity contribution in [3.8, 4) is 11.3 Å². The van der Waals surface area contributed by atoms with E-state index in [4.69, 9.17) is 0 Å². The summed E-state index contributed by atoms with van der Waals surface area (Å²) in [6.45, 7) is 0.658. The molecule has 1 aromatic heterocycles. The molecule has 1 aliphatic rings. The maximum atomic E-state index is 13.7. The van der Waals surface area contributed by atoms with Gasteiger partial charge in [-0.05, 0) is 47.4 Å². The summed E-state index contributed by atoms with van der Waals surface area (Å²) >= 11 is 3.58. The highest BCUT2D eigenvalue weighted by molar-refractivity contribution is 9.10. The normalized spacial score (nSPS) is 15.1. The highest BCUT2D eigenvalue weighted by Crippen LogP contribution is 2.46. The maximum absolute atomic E-state index is 13.7. The molecule has 2 heterocycles. The minimum Gasteiger partial charge on any atom is -0.343 e. The van der Waals surface area contributed by atoms with Crippen LogP contribution in [-0.4, -0.2) is 21.9 Å². The lowest BCUT2D eigenvalue weighted by molar-refractivity contribution is 0.0753. The molecule has 0 spiro atoms. The van der Waals surface area contributed by atoms with Crippen LogP contribution in [0.5, 0.6) is 0 Å². The van der Waals surface area contributed by atoms with Crippen LogP contribution in [-0.2, 0) is 13.5 Å². The predicted octanol–water partition coefficient (Wildman–Crippen LogP) is 7.40. The van der Waals surface area contributed by atoms with Gasteiger partial charge < -0.3 is 9.47 Å². The number of fused-ring (bicyclic) bond motifs is 2. The first-order valence-corrected chi connectivity index (χ1v) is 12.7. The van der Waals surface area contributed by atoms with Gasteiger partial charge in [0.25, 0.3) is 5.91 Å². The lowest BCUT2D eigenvalue weighted by Gasteiger charge is -2.27. The third-order valence-electron chi connectivity index (χ3n) is 7.08. The number of amides is 1. The second-order valence-corrected chi connectivity index (χ2v) is 9.98. The Morgan fingerprint density at radius 1 is 0.800 bits per heavy atom. The van der Waals surface area contributed by atoms with Crippen molar-refractivity contribution in [1.29, 1.82) is 0 Å². The minimum absolute atomic E-state index is 0.108. The van der Waals surface area contributed by atoms with Crippen LogP contribution in [0.3, 0.4) is 0 Å². The Bertz CT molecular complexity index is 1540. The summed E-state index contributed by atoms with van der Waals surface area (Å²) in [5, 5.41) is 1.19. The van der Waals surface area contributed by atoms with E-state index >= 15 is 0 Å². The average molecular weight is 521 g/mol. The monoisotopic (exact) mass is 520 g/mol. The fraction of sp³-hybridized carbons (Fsp3) is 0.129. The van der Waals surface area contributed by atoms with Crippen molar-refractivity contribution in [3.05, 3.63) is 130 Å². The van der Waals surface area contributed by atoms with Crippen molar-refractivity contribution >= 4 is 32.7 Å². The summed E-state index contributed by atoms with van der Waals surface area (Å²) in [4.78, 5) is 15.8. The van der Waals surface area contributed by atoms with Crippen LogP contribution in [0.4, 0.5) is 0 Å². The number of hydrogen-bond acceptors (Lipinski definition) is 1. The van der Waals surface area contributed by atoms with Gasteiger partial charge in [-0.1, -0.05) is 94.8 Å². The van der Waals surface area contributed by atoms with Crippen molar-refractivity contribution in [3.63, 3.8) is 0 Å². The first-order chi connectivity index (χ1) is 17.1. The Morgan fingerprint density at radius 2 is 1.49 bits per heavy atom. The summed E-state index contributed by atoms with van der Waals surface area (Å²) in [6.07, 6.45) is 0.815. The van der Waals surface area contributed by atoms with Gasteiger partial charge in [-0.2, -0.15) is 0 Å². The van der Waals surface area contributed by atoms with Crippen molar-refractivity contribution in [2.45, 2.75) is 12.5 Å². The van der Waals surface area contributed by atoms with Crippen LogP contribution < -0.4 is 0 Å². The molecular weight excluding hydrogens is 496 g/mol. The van der Waals surface area contributed by atoms with E-state index in [9.17, 15) is 4.79 Å². The Balaban J connectivity index is 1.56. The van der Waals surface area contributed by atoms with E-state index in [1.165, 1.54) is 22.0 Å². The second-order valence-electron chi connectivity index (χ2n) is 9.07. The standard InChI is InChI=1S/C31H25BrN2O/c1-33-27-14-8-7-13-26(27)28(29(33)22-15-17-23(32)18-16-22)30-24-11-5-6-12-25(24)31(35)34(30)20-19-21-9-3-2-4-10-21/h2-18,30H,19-20H2,1H3/t30-/m1/s1. The second kappa shape index (κ2) is 8.86. The van der Waals surface area contributed by atoms with Crippen LogP contribution in [0, 0.1) is 0 Å². The van der Waals surface area contributed by atoms with Gasteiger partial charge in [0.05, 0.1) is 11.7 Å². The molecule has 0 bridgehead atoms. The van der Waals surface area contributed by atoms with E-state index < -0.39 is 0 Å². The summed E-state index contributed by atoms with van der Waals surface area (Å²) in [5.74, 6) is 0.108. The molecule has 0 fully saturated rings. The number of aryl methyl sites for hydroxylation is 1. The molecule has 1 aliphatic heterocycles. The van der Waals surface area contributed by atoms with Crippen LogP contribution in [0.2, 0.25) is 0 Å². The van der Waals surface area contributed by atoms with E-state index in [-0.39, 0.29) is 11.9 Å². The van der Waals surface area contributed by atoms with E-state index in [0.717, 1.165) is 33.3 Å². The Morgan fingerprint density at radius 3 is 2.29 bits per heavy atom. The van der Waals surface area contributed by atoms with E-state index in [1.54, 1.807) is 0 Å². The first-order valence-electron chi connectivity index (χ1n) is 11.9. The van der Waals surface area contributed by atoms with Gasteiger partial charge in [0.2, 0.25) is 0 Å². The molecule has 0 N–H and O–H groups in total. The van der Waals surface area contributed by atoms with Gasteiger partial charge in [-0.3, -0.25) is 4.79 Å². The number of aromatic nitrogens is 1. The molecular formula is C31H25BrN2O. The maximum Gasteiger partial charge on any atom is 0.255 e. The molecule has 0 saturated carbocycles. The van der Waals surface area contributed by atoms with E-state index in [2.05, 4.69) is 111 Å². The molecule has 0 unspecified atom stereocenters. The third-order valence-corrected chi connectivity index (χ3v) is 7.61. The van der Waals surface area contributed by atoms with Gasteiger partial charge in [0.1, 0.15) is 0 Å². The van der Waals surface area contributed by atoms with Gasteiger partial charge in [-0.15, -0.1) is 0 Å². The van der Waals surface area contributed by atoms with Crippen LogP contribution in [0.25, 0.3) is 22.2 Å². The van der Waals surface area contributed by atoms with Crippen LogP contribution >= 0.6 is 15.9 Å². The fourth-order valence-electron chi connectivity index (χ4n) is 5.46. The highest BCUT2D eigenvalue weighted by atomic mass is 79.9. The first kappa shape index (κ1) is 21.9. The topological polar surface area (TPSA) is 25.2 Å². The smallest absolute Gasteiger partial charge is 0.255 e. The summed E-state index contributed by atoms with van der Waals surface area (Å²) in [7, 11) is 2.13. The molecule has 4 heteroatoms. The molecule has 1 atom stereocenters. The molecule has 0 aliphatic carbocycles. The van der Waals surface area contributed by atoms with Crippen LogP contribution in [0.1, 0.15) is 33.1 Å². The number of halogens is 1. The summed E-state index contributed by atoms with van der Waals surface area (Å²) in [6, 6.07) is 35.4. The van der Waals surface area contributed by atoms with Crippen LogP contribution in [0.15, 0.2) is 108 Å². The Hall–Kier alpha value is -3.63. The van der Waals surface area contributed by atoms with Crippen molar-refractivity contribution in [2.75, 3.05) is 6.54 Å². The SMILES string of the molecule is Cn1c(-c2ccc(Br)cc2)c([C@H]2c3ccccc3C(=O)N2CCc2ccccc2)c2ccccc21. The van der Waals surface area contributed by atoms with E-state index in [1.807, 2.05) is 24.3 Å². The summed E-state index contributed by atoms with van der Waals surface area (Å²) in [5.41, 5.74) is 7.78. The third kappa shape index (κ3) is 3.69. The number of carbonyl (C=O) groups is 1. The largest absolute Gasteiger partial charge is 0.343 e. The zero-order valence-electron chi connectivity index (χ0n) is 19.5. The zero-order valence-corrected chi connectivity index (χ0v) is 21.1. The van der Waals surface area contributed by atoms with Crippen molar-refractivity contribution in [2.24, 2.45) is 7.05 Å². The zero-order chi connectivity index (χ0) is 23.9. The molecule has 1 amide bonds. The fourth-order valence-corrected chi connectivity index (χ4v) is 5.73. The minimum atomic E-state index is -0.146. The van der Waals surface area contributed by atoms with Crippen molar-refractivity contribution < 1.29 is 4.79 Å². The van der Waals surface area contributed by atoms with Crippen molar-refractivity contribution in [1.82, 2.24) is 9.47 Å². The Kier molecular flexibility index (Phi) is 5.54. The summed E-state index contributed by atoms with van der Waals surface area (Å²) < 4.78 is 3.32. The number of benzene rings is 4. The molecule has 0 radical (unpaired) electrons. The lowest BCUT2D eigenvalue weighted by Crippen LogP contribution is -2.31. The molecule has 35 heavy (non-hydrogen) atoms. The lowest BCUT2D eigenvalue weighted by atomic mass is 9.93. The number of carbonyl (C=O) groups excluding carboxylic acids is 1. The van der Waals surface area contributed by atoms with Gasteiger partial charge >= 0.3 is 0 Å². The number of rotatable bonds is 5. The molecule has 5 aromatic rings. The van der Waals surface area contributed by atoms with Gasteiger partial charge in [-0.25, -0.2) is 0 Å². The quantitative estimate of drug-likeness (QED) is 0.237. The van der Waals surface area contributed by atoms with Gasteiger partial charge in [0, 0.05) is 40.1 Å². The average Bonchev–Trinajstić information content (AvgIpc) is 3.34. The number of para-hydroxylation sites is 1. The predicted molar refractivity (Wildman–Crippen MR) is 146 cm³/mol. The number of nitrogens with zero attached hydrogens (tertiary/aromatic N) is 2. The number of hydrogen-bond donors (Lipinski definition) is 0. The molecule has 3 nitrogen and oxygen atoms in total. The van der Waals surface area contributed by atoms with E-state index in [0.29, 0.717) is 6.54 Å². The molecule has 6 rings (SSSR count). The highest BCUT2D eigenvalue weighted by Gasteiger charge is 2.40. The molecule has 0 saturated heterocycles. The molecule has 4 aromatic carbocycles. The Labute approximate surface area is 213 Å².